The third-order valence-electron chi connectivity index (χ3n) is 2.89. The molecule has 0 heterocycles. The van der Waals surface area contributed by atoms with Crippen LogP contribution in [0.5, 0.6) is 0 Å². The van der Waals surface area contributed by atoms with Crippen molar-refractivity contribution in [2.45, 2.75) is 13.5 Å². The van der Waals surface area contributed by atoms with Gasteiger partial charge in [-0.25, -0.2) is 8.78 Å². The third-order valence-corrected chi connectivity index (χ3v) is 2.89. The van der Waals surface area contributed by atoms with Crippen molar-refractivity contribution in [2.75, 3.05) is 5.32 Å². The summed E-state index contributed by atoms with van der Waals surface area (Å²) in [5, 5.41) is 12.0. The predicted molar refractivity (Wildman–Crippen MR) is 69.6 cm³/mol. The van der Waals surface area contributed by atoms with Crippen LogP contribution in [0.3, 0.4) is 0 Å². The molecule has 2 nitrogen and oxygen atoms in total. The standard InChI is InChI=1S/C15H12F2N2/c1-10-4-2-7-14(12(10)8-18)19-9-11-5-3-6-13(16)15(11)17/h2-7,19H,9H2,1H3. The van der Waals surface area contributed by atoms with Crippen LogP contribution in [0.2, 0.25) is 0 Å². The summed E-state index contributed by atoms with van der Waals surface area (Å²) in [6.07, 6.45) is 0. The Morgan fingerprint density at radius 2 is 1.89 bits per heavy atom. The van der Waals surface area contributed by atoms with Crippen LogP contribution in [0, 0.1) is 29.9 Å². The first-order valence-corrected chi connectivity index (χ1v) is 5.80. The Labute approximate surface area is 110 Å². The zero-order valence-corrected chi connectivity index (χ0v) is 10.4. The topological polar surface area (TPSA) is 35.8 Å². The average Bonchev–Trinajstić information content (AvgIpc) is 2.40. The van der Waals surface area contributed by atoms with Crippen LogP contribution in [0.25, 0.3) is 0 Å². The van der Waals surface area contributed by atoms with Gasteiger partial charge in [-0.2, -0.15) is 5.26 Å². The largest absolute Gasteiger partial charge is 0.380 e. The average molecular weight is 258 g/mol. The number of nitrogens with zero attached hydrogens (tertiary/aromatic N) is 1. The maximum atomic E-state index is 13.5. The smallest absolute Gasteiger partial charge is 0.163 e. The van der Waals surface area contributed by atoms with Crippen LogP contribution in [-0.2, 0) is 6.54 Å². The molecule has 0 amide bonds. The van der Waals surface area contributed by atoms with E-state index in [0.29, 0.717) is 11.3 Å². The maximum Gasteiger partial charge on any atom is 0.163 e. The van der Waals surface area contributed by atoms with E-state index in [1.807, 2.05) is 13.0 Å². The highest BCUT2D eigenvalue weighted by atomic mass is 19.2. The highest BCUT2D eigenvalue weighted by Crippen LogP contribution is 2.20. The number of anilines is 1. The minimum absolute atomic E-state index is 0.127. The molecule has 0 saturated carbocycles. The van der Waals surface area contributed by atoms with Gasteiger partial charge in [0.15, 0.2) is 11.6 Å². The van der Waals surface area contributed by atoms with Crippen molar-refractivity contribution in [3.8, 4) is 6.07 Å². The second-order valence-corrected chi connectivity index (χ2v) is 4.18. The normalized spacial score (nSPS) is 10.0. The second kappa shape index (κ2) is 5.49. The molecule has 0 aliphatic heterocycles. The van der Waals surface area contributed by atoms with Gasteiger partial charge in [-0.15, -0.1) is 0 Å². The van der Waals surface area contributed by atoms with Crippen LogP contribution in [0.4, 0.5) is 14.5 Å². The van der Waals surface area contributed by atoms with E-state index in [2.05, 4.69) is 11.4 Å². The van der Waals surface area contributed by atoms with Crippen LogP contribution < -0.4 is 5.32 Å². The zero-order valence-electron chi connectivity index (χ0n) is 10.4. The van der Waals surface area contributed by atoms with Crippen molar-refractivity contribution in [1.82, 2.24) is 0 Å². The fraction of sp³-hybridized carbons (Fsp3) is 0.133. The number of benzene rings is 2. The van der Waals surface area contributed by atoms with E-state index in [-0.39, 0.29) is 12.1 Å². The number of rotatable bonds is 3. The quantitative estimate of drug-likeness (QED) is 0.909. The number of aryl methyl sites for hydroxylation is 1. The van der Waals surface area contributed by atoms with E-state index in [1.54, 1.807) is 12.1 Å². The second-order valence-electron chi connectivity index (χ2n) is 4.18. The number of halogens is 2. The van der Waals surface area contributed by atoms with Gasteiger partial charge in [-0.05, 0) is 24.6 Å². The molecular weight excluding hydrogens is 246 g/mol. The van der Waals surface area contributed by atoms with Crippen molar-refractivity contribution < 1.29 is 8.78 Å². The summed E-state index contributed by atoms with van der Waals surface area (Å²) in [5.74, 6) is -1.73. The van der Waals surface area contributed by atoms with Gasteiger partial charge in [-0.3, -0.25) is 0 Å². The number of nitriles is 1. The highest BCUT2D eigenvalue weighted by molar-refractivity contribution is 5.60. The van der Waals surface area contributed by atoms with Crippen molar-refractivity contribution in [2.24, 2.45) is 0 Å². The molecule has 2 aromatic rings. The van der Waals surface area contributed by atoms with E-state index < -0.39 is 11.6 Å². The Morgan fingerprint density at radius 1 is 1.16 bits per heavy atom. The van der Waals surface area contributed by atoms with Crippen LogP contribution in [0.1, 0.15) is 16.7 Å². The Balaban J connectivity index is 2.22. The maximum absolute atomic E-state index is 13.5. The summed E-state index contributed by atoms with van der Waals surface area (Å²) < 4.78 is 26.5. The zero-order chi connectivity index (χ0) is 13.8. The SMILES string of the molecule is Cc1cccc(NCc2cccc(F)c2F)c1C#N. The van der Waals surface area contributed by atoms with E-state index in [9.17, 15) is 8.78 Å². The van der Waals surface area contributed by atoms with Gasteiger partial charge in [0.1, 0.15) is 6.07 Å². The van der Waals surface area contributed by atoms with Crippen molar-refractivity contribution >= 4 is 5.69 Å². The van der Waals surface area contributed by atoms with E-state index in [1.165, 1.54) is 12.1 Å². The van der Waals surface area contributed by atoms with Crippen molar-refractivity contribution in [3.05, 3.63) is 64.7 Å². The van der Waals surface area contributed by atoms with Gasteiger partial charge in [0.2, 0.25) is 0 Å². The minimum atomic E-state index is -0.871. The van der Waals surface area contributed by atoms with Gasteiger partial charge < -0.3 is 5.32 Å². The molecule has 4 heteroatoms. The Kier molecular flexibility index (Phi) is 3.76. The monoisotopic (exact) mass is 258 g/mol. The lowest BCUT2D eigenvalue weighted by molar-refractivity contribution is 0.500. The first kappa shape index (κ1) is 13.0. The molecule has 0 aliphatic carbocycles. The molecule has 0 unspecified atom stereocenters. The molecule has 96 valence electrons. The molecule has 0 bridgehead atoms. The molecule has 2 rings (SSSR count). The third kappa shape index (κ3) is 2.71. The van der Waals surface area contributed by atoms with Crippen LogP contribution in [-0.4, -0.2) is 0 Å². The Bertz CT molecular complexity index is 645. The molecule has 0 aliphatic rings. The Morgan fingerprint density at radius 3 is 2.63 bits per heavy atom. The fourth-order valence-corrected chi connectivity index (χ4v) is 1.84. The van der Waals surface area contributed by atoms with Gasteiger partial charge in [-0.1, -0.05) is 24.3 Å². The molecular formula is C15H12F2N2. The Hall–Kier alpha value is -2.41. The summed E-state index contributed by atoms with van der Waals surface area (Å²) >= 11 is 0. The molecule has 0 aromatic heterocycles. The molecule has 19 heavy (non-hydrogen) atoms. The highest BCUT2D eigenvalue weighted by Gasteiger charge is 2.09. The van der Waals surface area contributed by atoms with Gasteiger partial charge in [0.25, 0.3) is 0 Å². The molecule has 0 spiro atoms. The number of hydrogen-bond donors (Lipinski definition) is 1. The molecule has 1 N–H and O–H groups in total. The van der Waals surface area contributed by atoms with E-state index >= 15 is 0 Å². The summed E-state index contributed by atoms with van der Waals surface area (Å²) in [7, 11) is 0. The van der Waals surface area contributed by atoms with E-state index in [4.69, 9.17) is 5.26 Å². The predicted octanol–water partition coefficient (Wildman–Crippen LogP) is 3.76. The fourth-order valence-electron chi connectivity index (χ4n) is 1.84. The summed E-state index contributed by atoms with van der Waals surface area (Å²) in [6.45, 7) is 1.95. The molecule has 0 radical (unpaired) electrons. The lowest BCUT2D eigenvalue weighted by atomic mass is 10.1. The summed E-state index contributed by atoms with van der Waals surface area (Å²) in [5.41, 5.74) is 2.20. The number of nitrogens with one attached hydrogen (secondary N) is 1. The number of hydrogen-bond acceptors (Lipinski definition) is 2. The summed E-state index contributed by atoms with van der Waals surface area (Å²) in [6, 6.07) is 11.5. The minimum Gasteiger partial charge on any atom is -0.380 e. The van der Waals surface area contributed by atoms with Gasteiger partial charge in [0.05, 0.1) is 11.3 Å². The first-order chi connectivity index (χ1) is 9.13. The van der Waals surface area contributed by atoms with Gasteiger partial charge >= 0.3 is 0 Å². The molecule has 2 aromatic carbocycles. The lowest BCUT2D eigenvalue weighted by Gasteiger charge is -2.10. The molecule has 0 saturated heterocycles. The van der Waals surface area contributed by atoms with Crippen LogP contribution in [0.15, 0.2) is 36.4 Å². The van der Waals surface area contributed by atoms with Crippen molar-refractivity contribution in [1.29, 1.82) is 5.26 Å². The lowest BCUT2D eigenvalue weighted by Crippen LogP contribution is -2.05. The van der Waals surface area contributed by atoms with Gasteiger partial charge in [0, 0.05) is 12.1 Å². The molecule has 0 fully saturated rings. The molecule has 0 atom stereocenters. The van der Waals surface area contributed by atoms with E-state index in [0.717, 1.165) is 11.6 Å². The van der Waals surface area contributed by atoms with Crippen molar-refractivity contribution in [3.63, 3.8) is 0 Å². The first-order valence-electron chi connectivity index (χ1n) is 5.80. The summed E-state index contributed by atoms with van der Waals surface area (Å²) in [4.78, 5) is 0. The van der Waals surface area contributed by atoms with Crippen LogP contribution >= 0.6 is 0 Å².